The Labute approximate surface area is 81.7 Å². The summed E-state index contributed by atoms with van der Waals surface area (Å²) in [6, 6.07) is 4.42. The molecule has 1 aromatic rings. The Hall–Kier alpha value is -1.38. The van der Waals surface area contributed by atoms with Gasteiger partial charge in [0.05, 0.1) is 7.11 Å². The Morgan fingerprint density at radius 1 is 1.57 bits per heavy atom. The summed E-state index contributed by atoms with van der Waals surface area (Å²) in [4.78, 5) is 10.5. The maximum Gasteiger partial charge on any atom is 0.123 e. The number of methoxy groups -OCH3 is 1. The molecule has 1 aromatic carbocycles. The van der Waals surface area contributed by atoms with E-state index in [1.54, 1.807) is 13.2 Å². The van der Waals surface area contributed by atoms with Crippen molar-refractivity contribution in [3.63, 3.8) is 0 Å². The fourth-order valence-electron chi connectivity index (χ4n) is 1.72. The van der Waals surface area contributed by atoms with E-state index in [9.17, 15) is 9.18 Å². The summed E-state index contributed by atoms with van der Waals surface area (Å²) in [5, 5.41) is 0. The zero-order valence-corrected chi connectivity index (χ0v) is 7.87. The summed E-state index contributed by atoms with van der Waals surface area (Å²) < 4.78 is 18.1. The lowest BCUT2D eigenvalue weighted by molar-refractivity contribution is -0.108. The van der Waals surface area contributed by atoms with Gasteiger partial charge in [-0.1, -0.05) is 0 Å². The van der Waals surface area contributed by atoms with Crippen molar-refractivity contribution in [2.24, 2.45) is 5.92 Å². The zero-order chi connectivity index (χ0) is 10.1. The van der Waals surface area contributed by atoms with Crippen LogP contribution in [0.3, 0.4) is 0 Å². The molecular weight excluding hydrogens is 183 g/mol. The molecule has 1 aliphatic rings. The molecule has 0 saturated heterocycles. The maximum absolute atomic E-state index is 13.0. The Balaban J connectivity index is 2.31. The Bertz CT molecular complexity index is 362. The monoisotopic (exact) mass is 194 g/mol. The van der Waals surface area contributed by atoms with Crippen molar-refractivity contribution >= 4 is 6.29 Å². The lowest BCUT2D eigenvalue weighted by atomic mass is 10.1. The fourth-order valence-corrected chi connectivity index (χ4v) is 1.72. The zero-order valence-electron chi connectivity index (χ0n) is 7.87. The summed E-state index contributed by atoms with van der Waals surface area (Å²) in [5.41, 5.74) is 0.810. The quantitative estimate of drug-likeness (QED) is 0.689. The van der Waals surface area contributed by atoms with Crippen LogP contribution in [0.1, 0.15) is 17.9 Å². The fraction of sp³-hybridized carbons (Fsp3) is 0.364. The first-order valence-corrected chi connectivity index (χ1v) is 4.55. The average Bonchev–Trinajstić information content (AvgIpc) is 2.96. The van der Waals surface area contributed by atoms with Gasteiger partial charge >= 0.3 is 0 Å². The Morgan fingerprint density at radius 2 is 2.36 bits per heavy atom. The predicted octanol–water partition coefficient (Wildman–Crippen LogP) is 2.14. The molecule has 2 nitrogen and oxygen atoms in total. The minimum Gasteiger partial charge on any atom is -0.496 e. The van der Waals surface area contributed by atoms with Crippen molar-refractivity contribution in [3.8, 4) is 5.75 Å². The van der Waals surface area contributed by atoms with Crippen LogP contribution in [0.25, 0.3) is 0 Å². The number of hydrogen-bond donors (Lipinski definition) is 0. The van der Waals surface area contributed by atoms with E-state index in [1.165, 1.54) is 12.1 Å². The number of ether oxygens (including phenoxy) is 1. The highest BCUT2D eigenvalue weighted by Crippen LogP contribution is 2.49. The second-order valence-corrected chi connectivity index (χ2v) is 3.53. The molecule has 3 heteroatoms. The van der Waals surface area contributed by atoms with Crippen LogP contribution in [0.5, 0.6) is 5.75 Å². The van der Waals surface area contributed by atoms with E-state index >= 15 is 0 Å². The summed E-state index contributed by atoms with van der Waals surface area (Å²) in [6.45, 7) is 0. The number of carbonyl (C=O) groups excluding carboxylic acids is 1. The van der Waals surface area contributed by atoms with E-state index in [1.807, 2.05) is 0 Å². The number of benzene rings is 1. The first-order chi connectivity index (χ1) is 6.76. The lowest BCUT2D eigenvalue weighted by Crippen LogP contribution is -1.93. The largest absolute Gasteiger partial charge is 0.496 e. The molecule has 1 aliphatic carbocycles. The highest BCUT2D eigenvalue weighted by Gasteiger charge is 2.39. The van der Waals surface area contributed by atoms with Crippen molar-refractivity contribution < 1.29 is 13.9 Å². The van der Waals surface area contributed by atoms with Gasteiger partial charge < -0.3 is 9.53 Å². The van der Waals surface area contributed by atoms with Gasteiger partial charge in [-0.15, -0.1) is 0 Å². The third-order valence-corrected chi connectivity index (χ3v) is 2.61. The van der Waals surface area contributed by atoms with Gasteiger partial charge in [-0.05, 0) is 30.5 Å². The molecule has 14 heavy (non-hydrogen) atoms. The van der Waals surface area contributed by atoms with Gasteiger partial charge in [0.15, 0.2) is 0 Å². The third kappa shape index (κ3) is 1.50. The van der Waals surface area contributed by atoms with E-state index in [0.29, 0.717) is 5.75 Å². The van der Waals surface area contributed by atoms with Crippen molar-refractivity contribution in [1.82, 2.24) is 0 Å². The second-order valence-electron chi connectivity index (χ2n) is 3.53. The standard InChI is InChI=1S/C11H11FO2/c1-14-11-3-2-8(12)5-10(11)9-4-7(9)6-13/h2-3,5-7,9H,4H2,1H3. The minimum atomic E-state index is -0.280. The second kappa shape index (κ2) is 3.40. The molecular formula is C11H11FO2. The average molecular weight is 194 g/mol. The van der Waals surface area contributed by atoms with Gasteiger partial charge in [-0.2, -0.15) is 0 Å². The van der Waals surface area contributed by atoms with Crippen LogP contribution < -0.4 is 4.74 Å². The van der Waals surface area contributed by atoms with Crippen molar-refractivity contribution in [2.75, 3.05) is 7.11 Å². The first-order valence-electron chi connectivity index (χ1n) is 4.55. The van der Waals surface area contributed by atoms with Crippen molar-refractivity contribution in [2.45, 2.75) is 12.3 Å². The van der Waals surface area contributed by atoms with E-state index in [-0.39, 0.29) is 17.7 Å². The number of rotatable bonds is 3. The predicted molar refractivity (Wildman–Crippen MR) is 49.9 cm³/mol. The van der Waals surface area contributed by atoms with Gasteiger partial charge in [-0.3, -0.25) is 0 Å². The molecule has 74 valence electrons. The van der Waals surface area contributed by atoms with E-state index in [0.717, 1.165) is 18.3 Å². The molecule has 0 spiro atoms. The number of hydrogen-bond acceptors (Lipinski definition) is 2. The molecule has 0 radical (unpaired) electrons. The maximum atomic E-state index is 13.0. The molecule has 2 unspecified atom stereocenters. The van der Waals surface area contributed by atoms with Gasteiger partial charge in [-0.25, -0.2) is 4.39 Å². The summed E-state index contributed by atoms with van der Waals surface area (Å²) in [6.07, 6.45) is 1.73. The van der Waals surface area contributed by atoms with Crippen molar-refractivity contribution in [1.29, 1.82) is 0 Å². The highest BCUT2D eigenvalue weighted by molar-refractivity contribution is 5.62. The molecule has 0 amide bonds. The number of carbonyl (C=O) groups is 1. The van der Waals surface area contributed by atoms with Crippen LogP contribution in [0.2, 0.25) is 0 Å². The number of halogens is 1. The molecule has 1 saturated carbocycles. The molecule has 2 atom stereocenters. The van der Waals surface area contributed by atoms with Crippen LogP contribution in [0, 0.1) is 11.7 Å². The first kappa shape index (κ1) is 9.19. The number of aldehydes is 1. The smallest absolute Gasteiger partial charge is 0.123 e. The SMILES string of the molecule is COc1ccc(F)cc1C1CC1C=O. The van der Waals surface area contributed by atoms with Crippen LogP contribution in [0.4, 0.5) is 4.39 Å². The van der Waals surface area contributed by atoms with Crippen LogP contribution in [-0.4, -0.2) is 13.4 Å². The highest BCUT2D eigenvalue weighted by atomic mass is 19.1. The van der Waals surface area contributed by atoms with Gasteiger partial charge in [0.1, 0.15) is 17.9 Å². The third-order valence-electron chi connectivity index (χ3n) is 2.61. The Morgan fingerprint density at radius 3 is 2.93 bits per heavy atom. The summed E-state index contributed by atoms with van der Waals surface area (Å²) in [7, 11) is 1.55. The molecule has 0 bridgehead atoms. The van der Waals surface area contributed by atoms with Crippen LogP contribution >= 0.6 is 0 Å². The lowest BCUT2D eigenvalue weighted by Gasteiger charge is -2.06. The normalized spacial score (nSPS) is 24.4. The summed E-state index contributed by atoms with van der Waals surface area (Å²) >= 11 is 0. The van der Waals surface area contributed by atoms with Crippen LogP contribution in [-0.2, 0) is 4.79 Å². The van der Waals surface area contributed by atoms with Crippen LogP contribution in [0.15, 0.2) is 18.2 Å². The minimum absolute atomic E-state index is 0.0469. The summed E-state index contributed by atoms with van der Waals surface area (Å²) in [5.74, 6) is 0.585. The molecule has 1 fully saturated rings. The van der Waals surface area contributed by atoms with Gasteiger partial charge in [0.2, 0.25) is 0 Å². The topological polar surface area (TPSA) is 26.3 Å². The Kier molecular flexibility index (Phi) is 2.23. The molecule has 2 rings (SSSR count). The molecule has 0 N–H and O–H groups in total. The van der Waals surface area contributed by atoms with Crippen molar-refractivity contribution in [3.05, 3.63) is 29.6 Å². The van der Waals surface area contributed by atoms with E-state index in [2.05, 4.69) is 0 Å². The molecule has 0 aliphatic heterocycles. The molecule has 0 aromatic heterocycles. The van der Waals surface area contributed by atoms with Gasteiger partial charge in [0.25, 0.3) is 0 Å². The molecule has 0 heterocycles. The van der Waals surface area contributed by atoms with Gasteiger partial charge in [0, 0.05) is 11.5 Å². The van der Waals surface area contributed by atoms with E-state index < -0.39 is 0 Å². The van der Waals surface area contributed by atoms with E-state index in [4.69, 9.17) is 4.74 Å².